The molecule has 1 aromatic rings. The van der Waals surface area contributed by atoms with Gasteiger partial charge in [-0.05, 0) is 30.4 Å². The molecule has 0 aliphatic rings. The summed E-state index contributed by atoms with van der Waals surface area (Å²) in [6, 6.07) is 8.38. The lowest BCUT2D eigenvalue weighted by Crippen LogP contribution is -2.12. The molecule has 17 heavy (non-hydrogen) atoms. The van der Waals surface area contributed by atoms with Crippen molar-refractivity contribution in [3.8, 4) is 5.75 Å². The van der Waals surface area contributed by atoms with E-state index < -0.39 is 0 Å². The average molecular weight is 234 g/mol. The molecule has 0 N–H and O–H groups in total. The molecule has 0 saturated carbocycles. The first-order valence-corrected chi connectivity index (χ1v) is 7.02. The van der Waals surface area contributed by atoms with E-state index in [0.717, 1.165) is 18.8 Å². The number of hydrogen-bond donors (Lipinski definition) is 0. The summed E-state index contributed by atoms with van der Waals surface area (Å²) < 4.78 is 5.98. The molecule has 1 unspecified atom stereocenters. The summed E-state index contributed by atoms with van der Waals surface area (Å²) in [7, 11) is 0. The Bertz CT molecular complexity index is 306. The molecule has 1 nitrogen and oxygen atoms in total. The van der Waals surface area contributed by atoms with Crippen LogP contribution in [0.5, 0.6) is 5.75 Å². The Morgan fingerprint density at radius 1 is 1.12 bits per heavy atom. The molecule has 0 aliphatic heterocycles. The molecule has 0 heterocycles. The van der Waals surface area contributed by atoms with Gasteiger partial charge in [-0.3, -0.25) is 0 Å². The summed E-state index contributed by atoms with van der Waals surface area (Å²) in [5, 5.41) is 0. The smallest absolute Gasteiger partial charge is 0.122 e. The number of aryl methyl sites for hydroxylation is 1. The number of ether oxygens (including phenoxy) is 1. The van der Waals surface area contributed by atoms with Gasteiger partial charge >= 0.3 is 0 Å². The standard InChI is InChI=1S/C16H26O/c1-4-7-10-14(5-2)13-17-16-12-9-8-11-15(16)6-3/h8-9,11-12,14H,4-7,10,13H2,1-3H3. The molecule has 1 atom stereocenters. The molecule has 1 rings (SSSR count). The molecule has 1 aromatic carbocycles. The third-order valence-electron chi connectivity index (χ3n) is 3.37. The molecule has 0 saturated heterocycles. The number of unbranched alkanes of at least 4 members (excludes halogenated alkanes) is 1. The highest BCUT2D eigenvalue weighted by Crippen LogP contribution is 2.21. The fourth-order valence-electron chi connectivity index (χ4n) is 2.04. The summed E-state index contributed by atoms with van der Waals surface area (Å²) in [5.74, 6) is 1.78. The SMILES string of the molecule is CCCCC(CC)COc1ccccc1CC. The second kappa shape index (κ2) is 8.16. The summed E-state index contributed by atoms with van der Waals surface area (Å²) in [6.07, 6.45) is 6.15. The van der Waals surface area contributed by atoms with Crippen LogP contribution in [0.1, 0.15) is 52.0 Å². The van der Waals surface area contributed by atoms with Gasteiger partial charge in [0.05, 0.1) is 6.61 Å². The van der Waals surface area contributed by atoms with Crippen molar-refractivity contribution in [2.24, 2.45) is 5.92 Å². The van der Waals surface area contributed by atoms with Crippen molar-refractivity contribution in [2.75, 3.05) is 6.61 Å². The van der Waals surface area contributed by atoms with E-state index in [-0.39, 0.29) is 0 Å². The zero-order valence-corrected chi connectivity index (χ0v) is 11.5. The van der Waals surface area contributed by atoms with Crippen LogP contribution in [0.3, 0.4) is 0 Å². The van der Waals surface area contributed by atoms with Gasteiger partial charge in [-0.2, -0.15) is 0 Å². The van der Waals surface area contributed by atoms with E-state index >= 15 is 0 Å². The van der Waals surface area contributed by atoms with E-state index in [1.807, 2.05) is 0 Å². The summed E-state index contributed by atoms with van der Waals surface area (Å²) in [5.41, 5.74) is 1.32. The number of benzene rings is 1. The topological polar surface area (TPSA) is 9.23 Å². The monoisotopic (exact) mass is 234 g/mol. The Labute approximate surface area is 106 Å². The second-order valence-corrected chi connectivity index (χ2v) is 4.69. The first kappa shape index (κ1) is 14.1. The Hall–Kier alpha value is -0.980. The molecule has 0 bridgehead atoms. The normalized spacial score (nSPS) is 12.4. The lowest BCUT2D eigenvalue weighted by molar-refractivity contribution is 0.231. The van der Waals surface area contributed by atoms with Crippen molar-refractivity contribution in [3.63, 3.8) is 0 Å². The second-order valence-electron chi connectivity index (χ2n) is 4.69. The molecular formula is C16H26O. The van der Waals surface area contributed by atoms with Gasteiger partial charge in [0.2, 0.25) is 0 Å². The van der Waals surface area contributed by atoms with E-state index in [2.05, 4.69) is 45.0 Å². The zero-order chi connectivity index (χ0) is 12.5. The average Bonchev–Trinajstić information content (AvgIpc) is 2.39. The number of hydrogen-bond acceptors (Lipinski definition) is 1. The number of rotatable bonds is 8. The minimum absolute atomic E-state index is 0.708. The molecule has 1 heteroatoms. The quantitative estimate of drug-likeness (QED) is 0.625. The van der Waals surface area contributed by atoms with Crippen LogP contribution in [0.25, 0.3) is 0 Å². The molecule has 0 spiro atoms. The highest BCUT2D eigenvalue weighted by molar-refractivity contribution is 5.33. The van der Waals surface area contributed by atoms with Crippen molar-refractivity contribution >= 4 is 0 Å². The maximum Gasteiger partial charge on any atom is 0.122 e. The molecule has 0 aromatic heterocycles. The summed E-state index contributed by atoms with van der Waals surface area (Å²) in [6.45, 7) is 7.56. The lowest BCUT2D eigenvalue weighted by Gasteiger charge is -2.17. The van der Waals surface area contributed by atoms with Gasteiger partial charge < -0.3 is 4.74 Å². The van der Waals surface area contributed by atoms with Gasteiger partial charge in [-0.25, -0.2) is 0 Å². The van der Waals surface area contributed by atoms with Crippen molar-refractivity contribution in [3.05, 3.63) is 29.8 Å². The fourth-order valence-corrected chi connectivity index (χ4v) is 2.04. The Morgan fingerprint density at radius 3 is 2.53 bits per heavy atom. The van der Waals surface area contributed by atoms with Crippen LogP contribution in [0.2, 0.25) is 0 Å². The van der Waals surface area contributed by atoms with E-state index in [0.29, 0.717) is 5.92 Å². The van der Waals surface area contributed by atoms with Crippen LogP contribution in [-0.4, -0.2) is 6.61 Å². The minimum atomic E-state index is 0.708. The van der Waals surface area contributed by atoms with Gasteiger partial charge in [-0.15, -0.1) is 0 Å². The van der Waals surface area contributed by atoms with Crippen LogP contribution >= 0.6 is 0 Å². The molecule has 0 fully saturated rings. The minimum Gasteiger partial charge on any atom is -0.493 e. The third-order valence-corrected chi connectivity index (χ3v) is 3.37. The molecular weight excluding hydrogens is 208 g/mol. The largest absolute Gasteiger partial charge is 0.493 e. The van der Waals surface area contributed by atoms with Crippen LogP contribution in [0.15, 0.2) is 24.3 Å². The molecule has 96 valence electrons. The highest BCUT2D eigenvalue weighted by Gasteiger charge is 2.08. The predicted molar refractivity (Wildman–Crippen MR) is 74.6 cm³/mol. The van der Waals surface area contributed by atoms with Crippen molar-refractivity contribution in [2.45, 2.75) is 52.9 Å². The Kier molecular flexibility index (Phi) is 6.76. The fraction of sp³-hybridized carbons (Fsp3) is 0.625. The van der Waals surface area contributed by atoms with Crippen LogP contribution in [0, 0.1) is 5.92 Å². The van der Waals surface area contributed by atoms with Crippen LogP contribution < -0.4 is 4.74 Å². The van der Waals surface area contributed by atoms with E-state index in [1.54, 1.807) is 0 Å². The number of para-hydroxylation sites is 1. The third kappa shape index (κ3) is 4.80. The van der Waals surface area contributed by atoms with Crippen molar-refractivity contribution < 1.29 is 4.74 Å². The van der Waals surface area contributed by atoms with E-state index in [4.69, 9.17) is 4.74 Å². The summed E-state index contributed by atoms with van der Waals surface area (Å²) >= 11 is 0. The maximum absolute atomic E-state index is 5.98. The maximum atomic E-state index is 5.98. The van der Waals surface area contributed by atoms with E-state index in [9.17, 15) is 0 Å². The van der Waals surface area contributed by atoms with Gasteiger partial charge in [0.1, 0.15) is 5.75 Å². The van der Waals surface area contributed by atoms with Crippen LogP contribution in [-0.2, 0) is 6.42 Å². The van der Waals surface area contributed by atoms with E-state index in [1.165, 1.54) is 31.2 Å². The Balaban J connectivity index is 2.47. The van der Waals surface area contributed by atoms with Gasteiger partial charge in [0, 0.05) is 0 Å². The molecule has 0 amide bonds. The first-order valence-electron chi connectivity index (χ1n) is 7.02. The van der Waals surface area contributed by atoms with Crippen molar-refractivity contribution in [1.82, 2.24) is 0 Å². The first-order chi connectivity index (χ1) is 8.31. The molecule has 0 radical (unpaired) electrons. The predicted octanol–water partition coefficient (Wildman–Crippen LogP) is 4.84. The van der Waals surface area contributed by atoms with Gasteiger partial charge in [0.25, 0.3) is 0 Å². The zero-order valence-electron chi connectivity index (χ0n) is 11.5. The highest BCUT2D eigenvalue weighted by atomic mass is 16.5. The van der Waals surface area contributed by atoms with Gasteiger partial charge in [0.15, 0.2) is 0 Å². The van der Waals surface area contributed by atoms with Crippen LogP contribution in [0.4, 0.5) is 0 Å². The van der Waals surface area contributed by atoms with Gasteiger partial charge in [-0.1, -0.05) is 58.2 Å². The Morgan fingerprint density at radius 2 is 1.88 bits per heavy atom. The summed E-state index contributed by atoms with van der Waals surface area (Å²) in [4.78, 5) is 0. The molecule has 0 aliphatic carbocycles. The van der Waals surface area contributed by atoms with Crippen molar-refractivity contribution in [1.29, 1.82) is 0 Å². The lowest BCUT2D eigenvalue weighted by atomic mass is 10.0.